The van der Waals surface area contributed by atoms with Crippen molar-refractivity contribution in [1.82, 2.24) is 9.78 Å². The van der Waals surface area contributed by atoms with Crippen molar-refractivity contribution >= 4 is 27.5 Å². The predicted molar refractivity (Wildman–Crippen MR) is 89.3 cm³/mol. The van der Waals surface area contributed by atoms with Gasteiger partial charge in [-0.05, 0) is 44.9 Å². The second kappa shape index (κ2) is 6.21. The summed E-state index contributed by atoms with van der Waals surface area (Å²) in [5.41, 5.74) is 2.41. The van der Waals surface area contributed by atoms with Gasteiger partial charge >= 0.3 is 0 Å². The summed E-state index contributed by atoms with van der Waals surface area (Å²) in [6.07, 6.45) is 6.01. The number of rotatable bonds is 6. The van der Waals surface area contributed by atoms with E-state index in [-0.39, 0.29) is 5.41 Å². The molecule has 118 valence electrons. The minimum absolute atomic E-state index is 0.183. The molecule has 1 aromatic rings. The largest absolute Gasteiger partial charge is 0.377 e. The third kappa shape index (κ3) is 2.79. The van der Waals surface area contributed by atoms with Crippen LogP contribution in [0.25, 0.3) is 0 Å². The molecule has 1 saturated carbocycles. The lowest BCUT2D eigenvalue weighted by Crippen LogP contribution is -2.37. The summed E-state index contributed by atoms with van der Waals surface area (Å²) in [6.45, 7) is 6.01. The zero-order valence-electron chi connectivity index (χ0n) is 12.9. The molecule has 0 N–H and O–H groups in total. The molecule has 21 heavy (non-hydrogen) atoms. The molecule has 1 aliphatic heterocycles. The Morgan fingerprint density at radius 1 is 1.43 bits per heavy atom. The average molecular weight is 376 g/mol. The van der Waals surface area contributed by atoms with Crippen molar-refractivity contribution in [2.45, 2.75) is 58.6 Å². The predicted octanol–water partition coefficient (Wildman–Crippen LogP) is 4.24. The van der Waals surface area contributed by atoms with Crippen LogP contribution in [0.1, 0.15) is 44.5 Å². The fourth-order valence-electron chi connectivity index (χ4n) is 3.64. The molecule has 0 aromatic carbocycles. The van der Waals surface area contributed by atoms with Crippen molar-refractivity contribution < 1.29 is 4.74 Å². The molecule has 0 bridgehead atoms. The van der Waals surface area contributed by atoms with E-state index < -0.39 is 0 Å². The van der Waals surface area contributed by atoms with Crippen molar-refractivity contribution in [2.24, 2.45) is 11.3 Å². The lowest BCUT2D eigenvalue weighted by atomic mass is 9.77. The van der Waals surface area contributed by atoms with Crippen LogP contribution >= 0.6 is 27.5 Å². The molecule has 1 aliphatic carbocycles. The normalized spacial score (nSPS) is 29.2. The maximum Gasteiger partial charge on any atom is 0.0850 e. The van der Waals surface area contributed by atoms with E-state index in [4.69, 9.17) is 16.3 Å². The summed E-state index contributed by atoms with van der Waals surface area (Å²) in [7, 11) is 0. The van der Waals surface area contributed by atoms with Crippen LogP contribution in [-0.2, 0) is 24.1 Å². The Hall–Kier alpha value is -0.0600. The maximum absolute atomic E-state index is 6.61. The van der Waals surface area contributed by atoms with Crippen LogP contribution in [0.2, 0.25) is 5.02 Å². The molecule has 2 fully saturated rings. The third-order valence-electron chi connectivity index (χ3n) is 5.03. The van der Waals surface area contributed by atoms with Crippen LogP contribution in [0.5, 0.6) is 0 Å². The van der Waals surface area contributed by atoms with E-state index in [1.165, 1.54) is 18.5 Å². The van der Waals surface area contributed by atoms with Gasteiger partial charge in [-0.2, -0.15) is 5.10 Å². The van der Waals surface area contributed by atoms with Crippen LogP contribution < -0.4 is 0 Å². The third-order valence-corrected chi connectivity index (χ3v) is 6.58. The van der Waals surface area contributed by atoms with E-state index in [1.54, 1.807) is 0 Å². The number of ether oxygens (including phenoxy) is 1. The molecule has 1 saturated heterocycles. The van der Waals surface area contributed by atoms with Crippen LogP contribution in [0, 0.1) is 11.3 Å². The molecule has 5 heteroatoms. The minimum atomic E-state index is 0.183. The Bertz CT molecular complexity index is 515. The van der Waals surface area contributed by atoms with Gasteiger partial charge in [0, 0.05) is 23.9 Å². The molecule has 2 aliphatic rings. The fourth-order valence-corrected chi connectivity index (χ4v) is 4.78. The Labute approximate surface area is 140 Å². The molecule has 0 radical (unpaired) electrons. The van der Waals surface area contributed by atoms with Crippen molar-refractivity contribution in [3.05, 3.63) is 16.4 Å². The molecule has 3 nitrogen and oxygen atoms in total. The Morgan fingerprint density at radius 2 is 2.19 bits per heavy atom. The lowest BCUT2D eigenvalue weighted by molar-refractivity contribution is 0.0405. The van der Waals surface area contributed by atoms with Crippen LogP contribution in [-0.4, -0.2) is 27.8 Å². The van der Waals surface area contributed by atoms with Crippen molar-refractivity contribution in [3.63, 3.8) is 0 Å². The van der Waals surface area contributed by atoms with E-state index >= 15 is 0 Å². The summed E-state index contributed by atoms with van der Waals surface area (Å²) in [5.74, 6) is 0.757. The monoisotopic (exact) mass is 374 g/mol. The van der Waals surface area contributed by atoms with Gasteiger partial charge in [0.1, 0.15) is 0 Å². The Kier molecular flexibility index (Phi) is 4.68. The van der Waals surface area contributed by atoms with E-state index in [2.05, 4.69) is 39.6 Å². The molecule has 3 rings (SSSR count). The summed E-state index contributed by atoms with van der Waals surface area (Å²) < 4.78 is 8.19. The van der Waals surface area contributed by atoms with Gasteiger partial charge < -0.3 is 4.74 Å². The smallest absolute Gasteiger partial charge is 0.0850 e. The van der Waals surface area contributed by atoms with Crippen LogP contribution in [0.4, 0.5) is 0 Å². The SMILES string of the molecule is CCc1nn(CC)c(CC2(CBr)CCOC2C2CC2)c1Cl. The van der Waals surface area contributed by atoms with Gasteiger partial charge in [0.15, 0.2) is 0 Å². The van der Waals surface area contributed by atoms with E-state index in [0.29, 0.717) is 6.10 Å². The molecule has 2 heterocycles. The van der Waals surface area contributed by atoms with Gasteiger partial charge in [0.25, 0.3) is 0 Å². The highest BCUT2D eigenvalue weighted by molar-refractivity contribution is 9.09. The lowest BCUT2D eigenvalue weighted by Gasteiger charge is -2.33. The summed E-state index contributed by atoms with van der Waals surface area (Å²) in [4.78, 5) is 0. The van der Waals surface area contributed by atoms with Gasteiger partial charge in [-0.25, -0.2) is 0 Å². The number of hydrogen-bond acceptors (Lipinski definition) is 2. The van der Waals surface area contributed by atoms with Crippen molar-refractivity contribution in [2.75, 3.05) is 11.9 Å². The Morgan fingerprint density at radius 3 is 2.76 bits per heavy atom. The van der Waals surface area contributed by atoms with Gasteiger partial charge in [-0.3, -0.25) is 4.68 Å². The first-order valence-corrected chi connectivity index (χ1v) is 9.56. The number of hydrogen-bond donors (Lipinski definition) is 0. The van der Waals surface area contributed by atoms with Gasteiger partial charge in [-0.1, -0.05) is 34.5 Å². The van der Waals surface area contributed by atoms with Crippen LogP contribution in [0.3, 0.4) is 0 Å². The highest BCUT2D eigenvalue weighted by Crippen LogP contribution is 2.50. The van der Waals surface area contributed by atoms with Gasteiger partial charge in [-0.15, -0.1) is 0 Å². The first kappa shape index (κ1) is 15.8. The van der Waals surface area contributed by atoms with E-state index in [1.807, 2.05) is 0 Å². The standard InChI is InChI=1S/C16H24BrClN2O/c1-3-12-14(18)13(20(4-2)19-12)9-16(10-17)7-8-21-15(16)11-5-6-11/h11,15H,3-10H2,1-2H3. The molecule has 2 unspecified atom stereocenters. The summed E-state index contributed by atoms with van der Waals surface area (Å²) in [6, 6.07) is 0. The zero-order chi connectivity index (χ0) is 15.0. The molecule has 1 aromatic heterocycles. The second-order valence-electron chi connectivity index (χ2n) is 6.43. The van der Waals surface area contributed by atoms with Gasteiger partial charge in [0.05, 0.1) is 22.5 Å². The number of aryl methyl sites for hydroxylation is 2. The molecule has 0 spiro atoms. The molecule has 2 atom stereocenters. The molecule has 0 amide bonds. The van der Waals surface area contributed by atoms with E-state index in [0.717, 1.165) is 54.4 Å². The van der Waals surface area contributed by atoms with Crippen molar-refractivity contribution in [3.8, 4) is 0 Å². The quantitative estimate of drug-likeness (QED) is 0.695. The van der Waals surface area contributed by atoms with Crippen LogP contribution in [0.15, 0.2) is 0 Å². The fraction of sp³-hybridized carbons (Fsp3) is 0.812. The zero-order valence-corrected chi connectivity index (χ0v) is 15.2. The van der Waals surface area contributed by atoms with Gasteiger partial charge in [0.2, 0.25) is 0 Å². The number of halogens is 2. The number of alkyl halides is 1. The highest BCUT2D eigenvalue weighted by atomic mass is 79.9. The summed E-state index contributed by atoms with van der Waals surface area (Å²) in [5, 5.41) is 6.52. The van der Waals surface area contributed by atoms with Crippen molar-refractivity contribution in [1.29, 1.82) is 0 Å². The number of nitrogens with zero attached hydrogens (tertiary/aromatic N) is 2. The topological polar surface area (TPSA) is 27.1 Å². The summed E-state index contributed by atoms with van der Waals surface area (Å²) >= 11 is 10.4. The Balaban J connectivity index is 1.91. The average Bonchev–Trinajstić information content (AvgIpc) is 3.19. The first-order chi connectivity index (χ1) is 10.1. The van der Waals surface area contributed by atoms with E-state index in [9.17, 15) is 0 Å². The molecular formula is C16H24BrClN2O. The first-order valence-electron chi connectivity index (χ1n) is 8.06. The minimum Gasteiger partial charge on any atom is -0.377 e. The second-order valence-corrected chi connectivity index (χ2v) is 7.37. The maximum atomic E-state index is 6.61. The highest BCUT2D eigenvalue weighted by Gasteiger charge is 2.51. The number of aromatic nitrogens is 2. The molecular weight excluding hydrogens is 352 g/mol.